The lowest BCUT2D eigenvalue weighted by Crippen LogP contribution is -2.09. The summed E-state index contributed by atoms with van der Waals surface area (Å²) in [6, 6.07) is 3.42. The zero-order chi connectivity index (χ0) is 13.3. The average molecular weight is 250 g/mol. The molecule has 18 heavy (non-hydrogen) atoms. The highest BCUT2D eigenvalue weighted by molar-refractivity contribution is 5.68. The third kappa shape index (κ3) is 2.58. The minimum atomic E-state index is -0.820. The number of carboxylic acid groups (broad SMARTS) is 1. The summed E-state index contributed by atoms with van der Waals surface area (Å²) in [5, 5.41) is 19.0. The molecule has 0 saturated heterocycles. The Hall–Kier alpha value is -1.71. The fourth-order valence-corrected chi connectivity index (χ4v) is 2.43. The monoisotopic (exact) mass is 250 g/mol. The maximum absolute atomic E-state index is 10.9. The van der Waals surface area contributed by atoms with Crippen molar-refractivity contribution < 1.29 is 19.7 Å². The Bertz CT molecular complexity index is 463. The van der Waals surface area contributed by atoms with Crippen LogP contribution in [0.4, 0.5) is 0 Å². The zero-order valence-corrected chi connectivity index (χ0v) is 10.6. The van der Waals surface area contributed by atoms with Crippen LogP contribution in [0.15, 0.2) is 12.1 Å². The van der Waals surface area contributed by atoms with E-state index in [0.29, 0.717) is 11.7 Å². The van der Waals surface area contributed by atoms with E-state index in [2.05, 4.69) is 0 Å². The van der Waals surface area contributed by atoms with Crippen LogP contribution < -0.4 is 4.74 Å². The minimum absolute atomic E-state index is 0.0734. The molecule has 2 rings (SSSR count). The average Bonchev–Trinajstić information content (AvgIpc) is 3.12. The molecule has 1 unspecified atom stereocenters. The molecule has 98 valence electrons. The van der Waals surface area contributed by atoms with Crippen LogP contribution in [0, 0.1) is 12.8 Å². The third-order valence-corrected chi connectivity index (χ3v) is 3.53. The SMILES string of the molecule is COc1cc(O)c(C(CC(=O)O)C2CC2)cc1C. The van der Waals surface area contributed by atoms with Crippen molar-refractivity contribution in [3.63, 3.8) is 0 Å². The first kappa shape index (κ1) is 12.7. The molecule has 1 atom stereocenters. The minimum Gasteiger partial charge on any atom is -0.508 e. The molecule has 1 saturated carbocycles. The van der Waals surface area contributed by atoms with E-state index in [1.165, 1.54) is 0 Å². The Morgan fingerprint density at radius 1 is 1.50 bits per heavy atom. The number of aromatic hydroxyl groups is 1. The van der Waals surface area contributed by atoms with Gasteiger partial charge >= 0.3 is 5.97 Å². The second-order valence-electron chi connectivity index (χ2n) is 4.92. The van der Waals surface area contributed by atoms with Crippen molar-refractivity contribution in [2.75, 3.05) is 7.11 Å². The van der Waals surface area contributed by atoms with Crippen molar-refractivity contribution in [1.82, 2.24) is 0 Å². The summed E-state index contributed by atoms with van der Waals surface area (Å²) < 4.78 is 5.14. The summed E-state index contributed by atoms with van der Waals surface area (Å²) in [5.74, 6) is 0.239. The van der Waals surface area contributed by atoms with E-state index < -0.39 is 5.97 Å². The molecule has 0 spiro atoms. The lowest BCUT2D eigenvalue weighted by atomic mass is 9.89. The van der Waals surface area contributed by atoms with Gasteiger partial charge in [-0.05, 0) is 42.9 Å². The Morgan fingerprint density at radius 2 is 2.17 bits per heavy atom. The number of phenols is 1. The quantitative estimate of drug-likeness (QED) is 0.843. The predicted molar refractivity (Wildman–Crippen MR) is 67.1 cm³/mol. The van der Waals surface area contributed by atoms with Crippen molar-refractivity contribution in [3.8, 4) is 11.5 Å². The van der Waals surface area contributed by atoms with Gasteiger partial charge in [-0.25, -0.2) is 0 Å². The number of ether oxygens (including phenoxy) is 1. The molecule has 1 aromatic carbocycles. The number of aryl methyl sites for hydroxylation is 1. The van der Waals surface area contributed by atoms with Gasteiger partial charge in [0.2, 0.25) is 0 Å². The van der Waals surface area contributed by atoms with Gasteiger partial charge in [-0.2, -0.15) is 0 Å². The molecule has 1 aliphatic carbocycles. The molecule has 0 amide bonds. The summed E-state index contributed by atoms with van der Waals surface area (Å²) in [5.41, 5.74) is 1.65. The number of phenolic OH excluding ortho intramolecular Hbond substituents is 1. The number of carbonyl (C=O) groups is 1. The van der Waals surface area contributed by atoms with E-state index in [4.69, 9.17) is 9.84 Å². The Labute approximate surface area is 106 Å². The van der Waals surface area contributed by atoms with E-state index in [1.54, 1.807) is 13.2 Å². The smallest absolute Gasteiger partial charge is 0.303 e. The molecule has 0 radical (unpaired) electrons. The lowest BCUT2D eigenvalue weighted by molar-refractivity contribution is -0.137. The van der Waals surface area contributed by atoms with E-state index in [-0.39, 0.29) is 18.1 Å². The van der Waals surface area contributed by atoms with E-state index in [1.807, 2.05) is 13.0 Å². The van der Waals surface area contributed by atoms with Gasteiger partial charge in [-0.15, -0.1) is 0 Å². The number of benzene rings is 1. The first-order valence-corrected chi connectivity index (χ1v) is 6.12. The molecule has 4 heteroatoms. The third-order valence-electron chi connectivity index (χ3n) is 3.53. The molecule has 0 aromatic heterocycles. The molecule has 1 aliphatic rings. The van der Waals surface area contributed by atoms with Crippen LogP contribution in [-0.2, 0) is 4.79 Å². The van der Waals surface area contributed by atoms with Crippen LogP contribution in [0.5, 0.6) is 11.5 Å². The zero-order valence-electron chi connectivity index (χ0n) is 10.6. The van der Waals surface area contributed by atoms with Crippen molar-refractivity contribution in [2.24, 2.45) is 5.92 Å². The summed E-state index contributed by atoms with van der Waals surface area (Å²) in [7, 11) is 1.55. The van der Waals surface area contributed by atoms with Crippen LogP contribution in [0.2, 0.25) is 0 Å². The van der Waals surface area contributed by atoms with Gasteiger partial charge in [-0.1, -0.05) is 0 Å². The highest BCUT2D eigenvalue weighted by Crippen LogP contribution is 2.47. The molecule has 4 nitrogen and oxygen atoms in total. The molecule has 1 aromatic rings. The second-order valence-corrected chi connectivity index (χ2v) is 4.92. The number of methoxy groups -OCH3 is 1. The van der Waals surface area contributed by atoms with E-state index >= 15 is 0 Å². The topological polar surface area (TPSA) is 66.8 Å². The first-order chi connectivity index (χ1) is 8.52. The summed E-state index contributed by atoms with van der Waals surface area (Å²) in [6.07, 6.45) is 2.16. The Morgan fingerprint density at radius 3 is 2.67 bits per heavy atom. The summed E-state index contributed by atoms with van der Waals surface area (Å²) in [4.78, 5) is 10.9. The van der Waals surface area contributed by atoms with Crippen molar-refractivity contribution in [3.05, 3.63) is 23.3 Å². The predicted octanol–water partition coefficient (Wildman–Crippen LogP) is 2.68. The summed E-state index contributed by atoms with van der Waals surface area (Å²) in [6.45, 7) is 1.90. The van der Waals surface area contributed by atoms with Crippen molar-refractivity contribution >= 4 is 5.97 Å². The van der Waals surface area contributed by atoms with Gasteiger partial charge in [0.15, 0.2) is 0 Å². The molecular formula is C14H18O4. The Balaban J connectivity index is 2.35. The van der Waals surface area contributed by atoms with Crippen LogP contribution >= 0.6 is 0 Å². The Kier molecular flexibility index (Phi) is 3.45. The number of hydrogen-bond donors (Lipinski definition) is 2. The lowest BCUT2D eigenvalue weighted by Gasteiger charge is -2.18. The summed E-state index contributed by atoms with van der Waals surface area (Å²) >= 11 is 0. The van der Waals surface area contributed by atoms with Gasteiger partial charge in [0, 0.05) is 12.0 Å². The fourth-order valence-electron chi connectivity index (χ4n) is 2.43. The second kappa shape index (κ2) is 4.88. The highest BCUT2D eigenvalue weighted by atomic mass is 16.5. The number of aliphatic carboxylic acids is 1. The molecule has 0 heterocycles. The molecule has 1 fully saturated rings. The molecule has 2 N–H and O–H groups in total. The number of hydrogen-bond acceptors (Lipinski definition) is 3. The molecular weight excluding hydrogens is 232 g/mol. The maximum atomic E-state index is 10.9. The van der Waals surface area contributed by atoms with Crippen molar-refractivity contribution in [1.29, 1.82) is 0 Å². The largest absolute Gasteiger partial charge is 0.508 e. The number of carboxylic acids is 1. The number of rotatable bonds is 5. The standard InChI is InChI=1S/C14H18O4/c1-8-5-11(12(15)7-13(8)18-2)10(6-14(16)17)9-3-4-9/h5,7,9-10,15H,3-4,6H2,1-2H3,(H,16,17). The normalized spacial score (nSPS) is 16.3. The van der Waals surface area contributed by atoms with Crippen molar-refractivity contribution in [2.45, 2.75) is 32.1 Å². The van der Waals surface area contributed by atoms with Crippen LogP contribution in [-0.4, -0.2) is 23.3 Å². The van der Waals surface area contributed by atoms with Crippen LogP contribution in [0.3, 0.4) is 0 Å². The maximum Gasteiger partial charge on any atom is 0.303 e. The van der Waals surface area contributed by atoms with E-state index in [9.17, 15) is 9.90 Å². The van der Waals surface area contributed by atoms with Gasteiger partial charge in [0.25, 0.3) is 0 Å². The first-order valence-electron chi connectivity index (χ1n) is 6.12. The van der Waals surface area contributed by atoms with Gasteiger partial charge in [0.1, 0.15) is 11.5 Å². The van der Waals surface area contributed by atoms with Crippen LogP contribution in [0.1, 0.15) is 36.3 Å². The van der Waals surface area contributed by atoms with Crippen LogP contribution in [0.25, 0.3) is 0 Å². The molecule has 0 bridgehead atoms. The van der Waals surface area contributed by atoms with Gasteiger partial charge < -0.3 is 14.9 Å². The van der Waals surface area contributed by atoms with Gasteiger partial charge in [-0.3, -0.25) is 4.79 Å². The molecule has 0 aliphatic heterocycles. The fraction of sp³-hybridized carbons (Fsp3) is 0.500. The van der Waals surface area contributed by atoms with Gasteiger partial charge in [0.05, 0.1) is 13.5 Å². The van der Waals surface area contributed by atoms with E-state index in [0.717, 1.165) is 24.0 Å². The highest BCUT2D eigenvalue weighted by Gasteiger charge is 2.35.